The zero-order chi connectivity index (χ0) is 18.2. The van der Waals surface area contributed by atoms with Gasteiger partial charge in [-0.1, -0.05) is 12.1 Å². The first-order valence-corrected chi connectivity index (χ1v) is 9.08. The molecule has 1 fully saturated rings. The number of aromatic nitrogens is 2. The second-order valence-corrected chi connectivity index (χ2v) is 6.51. The second-order valence-electron chi connectivity index (χ2n) is 6.51. The Hall–Kier alpha value is -2.83. The molecule has 1 aromatic heterocycles. The molecule has 0 unspecified atom stereocenters. The third-order valence-electron chi connectivity index (χ3n) is 4.42. The molecule has 0 spiro atoms. The Morgan fingerprint density at radius 3 is 3.00 bits per heavy atom. The highest BCUT2D eigenvalue weighted by molar-refractivity contribution is 5.89. The fourth-order valence-corrected chi connectivity index (χ4v) is 3.05. The lowest BCUT2D eigenvalue weighted by Crippen LogP contribution is -2.34. The zero-order valence-electron chi connectivity index (χ0n) is 14.9. The van der Waals surface area contributed by atoms with Gasteiger partial charge in [0.15, 0.2) is 0 Å². The standard InChI is InChI=1S/C19H25N5O2/c25-18-7-1-2-11-24(18)14-16-5-3-6-17(13-16)22-19(26)21-8-4-10-23-12-9-20-15-23/h3,5-6,9,12-13,15H,1-2,4,7-8,10-11,14H2,(H2,21,22,26). The summed E-state index contributed by atoms with van der Waals surface area (Å²) in [6.07, 6.45) is 8.92. The predicted octanol–water partition coefficient (Wildman–Crippen LogP) is 2.61. The van der Waals surface area contributed by atoms with E-state index in [0.29, 0.717) is 19.5 Å². The molecule has 1 aliphatic rings. The molecule has 0 atom stereocenters. The van der Waals surface area contributed by atoms with Crippen molar-refractivity contribution in [2.24, 2.45) is 0 Å². The SMILES string of the molecule is O=C(NCCCn1ccnc1)Nc1cccc(CN2CCCCC2=O)c1. The Morgan fingerprint density at radius 1 is 1.27 bits per heavy atom. The van der Waals surface area contributed by atoms with Crippen molar-refractivity contribution in [3.63, 3.8) is 0 Å². The lowest BCUT2D eigenvalue weighted by Gasteiger charge is -2.26. The van der Waals surface area contributed by atoms with Crippen LogP contribution in [-0.2, 0) is 17.9 Å². The number of nitrogens with zero attached hydrogens (tertiary/aromatic N) is 3. The van der Waals surface area contributed by atoms with Gasteiger partial charge < -0.3 is 20.1 Å². The number of carbonyl (C=O) groups is 2. The van der Waals surface area contributed by atoms with E-state index in [9.17, 15) is 9.59 Å². The minimum absolute atomic E-state index is 0.213. The van der Waals surface area contributed by atoms with Gasteiger partial charge in [0.25, 0.3) is 0 Å². The molecular formula is C19H25N5O2. The highest BCUT2D eigenvalue weighted by Crippen LogP contribution is 2.17. The number of piperidine rings is 1. The molecular weight excluding hydrogens is 330 g/mol. The lowest BCUT2D eigenvalue weighted by atomic mass is 10.1. The number of nitrogens with one attached hydrogen (secondary N) is 2. The molecule has 0 saturated carbocycles. The Morgan fingerprint density at radius 2 is 2.19 bits per heavy atom. The maximum absolute atomic E-state index is 12.0. The zero-order valence-corrected chi connectivity index (χ0v) is 14.9. The van der Waals surface area contributed by atoms with Gasteiger partial charge in [-0.05, 0) is 37.0 Å². The quantitative estimate of drug-likeness (QED) is 0.749. The maximum atomic E-state index is 12.0. The van der Waals surface area contributed by atoms with Crippen LogP contribution in [-0.4, -0.2) is 39.5 Å². The number of hydrogen-bond donors (Lipinski definition) is 2. The largest absolute Gasteiger partial charge is 0.338 e. The highest BCUT2D eigenvalue weighted by Gasteiger charge is 2.18. The first-order valence-electron chi connectivity index (χ1n) is 9.08. The van der Waals surface area contributed by atoms with E-state index in [4.69, 9.17) is 0 Å². The predicted molar refractivity (Wildman–Crippen MR) is 99.6 cm³/mol. The molecule has 2 aromatic rings. The van der Waals surface area contributed by atoms with Crippen molar-refractivity contribution < 1.29 is 9.59 Å². The summed E-state index contributed by atoms with van der Waals surface area (Å²) >= 11 is 0. The van der Waals surface area contributed by atoms with Crippen LogP contribution in [0, 0.1) is 0 Å². The smallest absolute Gasteiger partial charge is 0.319 e. The van der Waals surface area contributed by atoms with Gasteiger partial charge in [-0.25, -0.2) is 9.78 Å². The van der Waals surface area contributed by atoms with Crippen LogP contribution < -0.4 is 10.6 Å². The van der Waals surface area contributed by atoms with Crippen molar-refractivity contribution >= 4 is 17.6 Å². The summed E-state index contributed by atoms with van der Waals surface area (Å²) in [6.45, 7) is 2.82. The lowest BCUT2D eigenvalue weighted by molar-refractivity contribution is -0.133. The fraction of sp³-hybridized carbons (Fsp3) is 0.421. The molecule has 2 heterocycles. The molecule has 3 rings (SSSR count). The summed E-state index contributed by atoms with van der Waals surface area (Å²) in [5.74, 6) is 0.213. The van der Waals surface area contributed by atoms with Crippen molar-refractivity contribution in [3.8, 4) is 0 Å². The van der Waals surface area contributed by atoms with Crippen LogP contribution in [0.4, 0.5) is 10.5 Å². The highest BCUT2D eigenvalue weighted by atomic mass is 16.2. The summed E-state index contributed by atoms with van der Waals surface area (Å²) < 4.78 is 1.98. The number of amides is 3. The van der Waals surface area contributed by atoms with Crippen LogP contribution in [0.25, 0.3) is 0 Å². The molecule has 0 bridgehead atoms. The van der Waals surface area contributed by atoms with Gasteiger partial charge in [-0.3, -0.25) is 4.79 Å². The average molecular weight is 355 g/mol. The number of rotatable bonds is 7. The van der Waals surface area contributed by atoms with Crippen molar-refractivity contribution in [1.29, 1.82) is 0 Å². The molecule has 0 radical (unpaired) electrons. The fourth-order valence-electron chi connectivity index (χ4n) is 3.05. The van der Waals surface area contributed by atoms with E-state index in [1.165, 1.54) is 0 Å². The third-order valence-corrected chi connectivity index (χ3v) is 4.42. The average Bonchev–Trinajstić information content (AvgIpc) is 3.15. The van der Waals surface area contributed by atoms with Crippen LogP contribution in [0.3, 0.4) is 0 Å². The number of imidazole rings is 1. The number of carbonyl (C=O) groups excluding carboxylic acids is 2. The summed E-state index contributed by atoms with van der Waals surface area (Å²) in [4.78, 5) is 29.8. The van der Waals surface area contributed by atoms with Gasteiger partial charge in [0.2, 0.25) is 5.91 Å². The maximum Gasteiger partial charge on any atom is 0.319 e. The van der Waals surface area contributed by atoms with Crippen molar-refractivity contribution in [3.05, 3.63) is 48.5 Å². The third kappa shape index (κ3) is 5.34. The van der Waals surface area contributed by atoms with Crippen LogP contribution in [0.15, 0.2) is 43.0 Å². The van der Waals surface area contributed by atoms with Gasteiger partial charge in [-0.2, -0.15) is 0 Å². The minimum Gasteiger partial charge on any atom is -0.338 e. The number of aryl methyl sites for hydroxylation is 1. The number of benzene rings is 1. The molecule has 1 aliphatic heterocycles. The minimum atomic E-state index is -0.221. The summed E-state index contributed by atoms with van der Waals surface area (Å²) in [6, 6.07) is 7.44. The molecule has 26 heavy (non-hydrogen) atoms. The molecule has 7 heteroatoms. The number of hydrogen-bond acceptors (Lipinski definition) is 3. The van der Waals surface area contributed by atoms with Crippen molar-refractivity contribution in [2.45, 2.75) is 38.8 Å². The Kier molecular flexibility index (Phi) is 6.24. The Labute approximate surface area is 153 Å². The Bertz CT molecular complexity index is 729. The van der Waals surface area contributed by atoms with Gasteiger partial charge >= 0.3 is 6.03 Å². The van der Waals surface area contributed by atoms with Gasteiger partial charge in [0, 0.05) is 50.7 Å². The number of anilines is 1. The van der Waals surface area contributed by atoms with Gasteiger partial charge in [-0.15, -0.1) is 0 Å². The van der Waals surface area contributed by atoms with Crippen LogP contribution >= 0.6 is 0 Å². The van der Waals surface area contributed by atoms with Crippen LogP contribution in [0.1, 0.15) is 31.2 Å². The first kappa shape index (κ1) is 18.0. The van der Waals surface area contributed by atoms with Crippen molar-refractivity contribution in [1.82, 2.24) is 19.8 Å². The van der Waals surface area contributed by atoms with E-state index in [-0.39, 0.29) is 11.9 Å². The summed E-state index contributed by atoms with van der Waals surface area (Å²) in [7, 11) is 0. The van der Waals surface area contributed by atoms with E-state index in [1.807, 2.05) is 39.9 Å². The van der Waals surface area contributed by atoms with E-state index >= 15 is 0 Å². The van der Waals surface area contributed by atoms with E-state index in [2.05, 4.69) is 15.6 Å². The van der Waals surface area contributed by atoms with Crippen LogP contribution in [0.2, 0.25) is 0 Å². The monoisotopic (exact) mass is 355 g/mol. The van der Waals surface area contributed by atoms with E-state index in [1.54, 1.807) is 12.5 Å². The Balaban J connectivity index is 1.43. The van der Waals surface area contributed by atoms with E-state index < -0.39 is 0 Å². The van der Waals surface area contributed by atoms with Crippen molar-refractivity contribution in [2.75, 3.05) is 18.4 Å². The van der Waals surface area contributed by atoms with Crippen LogP contribution in [0.5, 0.6) is 0 Å². The molecule has 2 N–H and O–H groups in total. The molecule has 138 valence electrons. The molecule has 0 aliphatic carbocycles. The van der Waals surface area contributed by atoms with E-state index in [0.717, 1.165) is 43.6 Å². The molecule has 7 nitrogen and oxygen atoms in total. The molecule has 3 amide bonds. The molecule has 1 aromatic carbocycles. The second kappa shape index (κ2) is 9.03. The topological polar surface area (TPSA) is 79.3 Å². The summed E-state index contributed by atoms with van der Waals surface area (Å²) in [5, 5.41) is 5.70. The number of likely N-dealkylation sites (tertiary alicyclic amines) is 1. The first-order chi connectivity index (χ1) is 12.7. The summed E-state index contributed by atoms with van der Waals surface area (Å²) in [5.41, 5.74) is 1.76. The normalized spacial score (nSPS) is 14.3. The van der Waals surface area contributed by atoms with Gasteiger partial charge in [0.05, 0.1) is 6.33 Å². The van der Waals surface area contributed by atoms with Gasteiger partial charge in [0.1, 0.15) is 0 Å². The molecule has 1 saturated heterocycles. The number of urea groups is 1.